The molecule has 0 saturated carbocycles. The Bertz CT molecular complexity index is 919. The topological polar surface area (TPSA) is 105 Å². The van der Waals surface area contributed by atoms with Crippen molar-refractivity contribution >= 4 is 23.7 Å². The molecule has 0 heterocycles. The van der Waals surface area contributed by atoms with E-state index in [4.69, 9.17) is 18.9 Å². The largest absolute Gasteiger partial charge is 0.496 e. The molecular weight excluding hydrogens is 392 g/mol. The Balaban J connectivity index is 1.82. The summed E-state index contributed by atoms with van der Waals surface area (Å²) < 4.78 is 20.5. The van der Waals surface area contributed by atoms with Gasteiger partial charge in [-0.1, -0.05) is 24.3 Å². The maximum Gasteiger partial charge on any atom is 0.341 e. The third-order valence-electron chi connectivity index (χ3n) is 3.81. The first-order chi connectivity index (χ1) is 14.4. The summed E-state index contributed by atoms with van der Waals surface area (Å²) >= 11 is 0. The first-order valence-electron chi connectivity index (χ1n) is 9.18. The molecule has 30 heavy (non-hydrogen) atoms. The number of para-hydroxylation sites is 2. The Labute approximate surface area is 173 Å². The fourth-order valence-electron chi connectivity index (χ4n) is 2.44. The number of Topliss-reactive ketones (excluding diaryl/α,β-unsaturated/α-hetero) is 1. The first kappa shape index (κ1) is 22.6. The van der Waals surface area contributed by atoms with Gasteiger partial charge in [0.15, 0.2) is 0 Å². The molecule has 0 amide bonds. The van der Waals surface area contributed by atoms with Crippen molar-refractivity contribution in [3.63, 3.8) is 0 Å². The smallest absolute Gasteiger partial charge is 0.341 e. The van der Waals surface area contributed by atoms with E-state index in [0.717, 1.165) is 0 Å². The maximum atomic E-state index is 12.3. The lowest BCUT2D eigenvalue weighted by atomic mass is 10.2. The van der Waals surface area contributed by atoms with E-state index >= 15 is 0 Å². The highest BCUT2D eigenvalue weighted by Gasteiger charge is 2.17. The van der Waals surface area contributed by atoms with Crippen molar-refractivity contribution in [1.29, 1.82) is 0 Å². The molecule has 0 bridgehead atoms. The van der Waals surface area contributed by atoms with Crippen molar-refractivity contribution in [3.8, 4) is 11.5 Å². The van der Waals surface area contributed by atoms with Crippen LogP contribution in [0, 0.1) is 0 Å². The molecule has 2 aromatic carbocycles. The lowest BCUT2D eigenvalue weighted by Crippen LogP contribution is -2.15. The van der Waals surface area contributed by atoms with Crippen LogP contribution < -0.4 is 9.47 Å². The number of carbonyl (C=O) groups excluding carboxylic acids is 4. The Morgan fingerprint density at radius 2 is 1.27 bits per heavy atom. The molecule has 0 unspecified atom stereocenters. The lowest BCUT2D eigenvalue weighted by Gasteiger charge is -2.10. The van der Waals surface area contributed by atoms with Crippen molar-refractivity contribution < 1.29 is 38.1 Å². The monoisotopic (exact) mass is 414 g/mol. The average Bonchev–Trinajstić information content (AvgIpc) is 2.72. The molecule has 0 fully saturated rings. The molecule has 0 aliphatic rings. The maximum absolute atomic E-state index is 12.3. The molecule has 0 aromatic heterocycles. The summed E-state index contributed by atoms with van der Waals surface area (Å²) in [4.78, 5) is 47.0. The summed E-state index contributed by atoms with van der Waals surface area (Å²) in [6, 6.07) is 12.7. The second-order valence-electron chi connectivity index (χ2n) is 6.17. The lowest BCUT2D eigenvalue weighted by molar-refractivity contribution is -0.137. The zero-order valence-electron chi connectivity index (χ0n) is 16.7. The van der Waals surface area contributed by atoms with Crippen molar-refractivity contribution in [2.45, 2.75) is 19.8 Å². The van der Waals surface area contributed by atoms with Gasteiger partial charge in [0.25, 0.3) is 0 Å². The van der Waals surface area contributed by atoms with Gasteiger partial charge >= 0.3 is 17.9 Å². The van der Waals surface area contributed by atoms with Crippen molar-refractivity contribution in [3.05, 3.63) is 59.7 Å². The number of methoxy groups -OCH3 is 1. The van der Waals surface area contributed by atoms with E-state index in [1.807, 2.05) is 0 Å². The van der Waals surface area contributed by atoms with Gasteiger partial charge in [0.2, 0.25) is 0 Å². The number of hydrogen-bond donors (Lipinski definition) is 0. The summed E-state index contributed by atoms with van der Waals surface area (Å²) in [5.41, 5.74) is 0.360. The number of carbonyl (C=O) groups is 4. The minimum absolute atomic E-state index is 0.00619. The molecule has 0 N–H and O–H groups in total. The zero-order valence-corrected chi connectivity index (χ0v) is 16.7. The zero-order chi connectivity index (χ0) is 21.9. The number of ether oxygens (including phenoxy) is 4. The van der Waals surface area contributed by atoms with E-state index in [9.17, 15) is 19.2 Å². The molecule has 0 aliphatic carbocycles. The standard InChI is InChI=1S/C22H22O8/c1-15(23)14-20(24)30-19-11-6-4-9-17(19)22(26)29-13-7-12-28-21(25)16-8-3-5-10-18(16)27-2/h3-6,8-11H,7,12-14H2,1-2H3. The van der Waals surface area contributed by atoms with Crippen LogP contribution in [-0.4, -0.2) is 44.0 Å². The normalized spacial score (nSPS) is 10.1. The molecule has 2 aromatic rings. The SMILES string of the molecule is COc1ccccc1C(=O)OCCCOC(=O)c1ccccc1OC(=O)CC(C)=O. The first-order valence-corrected chi connectivity index (χ1v) is 9.18. The third kappa shape index (κ3) is 6.73. The van der Waals surface area contributed by atoms with Crippen molar-refractivity contribution in [2.75, 3.05) is 20.3 Å². The van der Waals surface area contributed by atoms with Gasteiger partial charge in [0.05, 0.1) is 20.3 Å². The van der Waals surface area contributed by atoms with Gasteiger partial charge in [0.1, 0.15) is 34.8 Å². The molecule has 0 spiro atoms. The fourth-order valence-corrected chi connectivity index (χ4v) is 2.44. The number of ketones is 1. The van der Waals surface area contributed by atoms with Crippen molar-refractivity contribution in [1.82, 2.24) is 0 Å². The summed E-state index contributed by atoms with van der Waals surface area (Å²) in [5.74, 6) is -1.92. The predicted molar refractivity (Wildman–Crippen MR) is 106 cm³/mol. The third-order valence-corrected chi connectivity index (χ3v) is 3.81. The highest BCUT2D eigenvalue weighted by molar-refractivity contribution is 5.97. The highest BCUT2D eigenvalue weighted by atomic mass is 16.6. The second kappa shape index (κ2) is 11.4. The van der Waals surface area contributed by atoms with Gasteiger partial charge in [-0.2, -0.15) is 0 Å². The van der Waals surface area contributed by atoms with Gasteiger partial charge in [-0.05, 0) is 31.2 Å². The molecule has 8 nitrogen and oxygen atoms in total. The van der Waals surface area contributed by atoms with Crippen LogP contribution in [0.2, 0.25) is 0 Å². The van der Waals surface area contributed by atoms with Crippen LogP contribution in [0.25, 0.3) is 0 Å². The van der Waals surface area contributed by atoms with E-state index in [1.165, 1.54) is 26.2 Å². The van der Waals surface area contributed by atoms with Crippen LogP contribution in [-0.2, 0) is 19.1 Å². The quantitative estimate of drug-likeness (QED) is 0.253. The Morgan fingerprint density at radius 1 is 0.767 bits per heavy atom. The second-order valence-corrected chi connectivity index (χ2v) is 6.17. The van der Waals surface area contributed by atoms with Crippen LogP contribution in [0.5, 0.6) is 11.5 Å². The molecule has 0 aliphatic heterocycles. The van der Waals surface area contributed by atoms with E-state index in [-0.39, 0.29) is 43.2 Å². The Morgan fingerprint density at radius 3 is 1.80 bits per heavy atom. The van der Waals surface area contributed by atoms with Crippen LogP contribution in [0.4, 0.5) is 0 Å². The summed E-state index contributed by atoms with van der Waals surface area (Å²) in [7, 11) is 1.46. The molecule has 0 radical (unpaired) electrons. The Kier molecular flexibility index (Phi) is 8.56. The van der Waals surface area contributed by atoms with Crippen LogP contribution in [0.3, 0.4) is 0 Å². The van der Waals surface area contributed by atoms with Crippen molar-refractivity contribution in [2.24, 2.45) is 0 Å². The van der Waals surface area contributed by atoms with Gasteiger partial charge in [0, 0.05) is 6.42 Å². The number of esters is 3. The summed E-state index contributed by atoms with van der Waals surface area (Å²) in [6.07, 6.45) is -0.111. The average molecular weight is 414 g/mol. The van der Waals surface area contributed by atoms with E-state index in [2.05, 4.69) is 0 Å². The van der Waals surface area contributed by atoms with E-state index in [1.54, 1.807) is 36.4 Å². The van der Waals surface area contributed by atoms with Crippen LogP contribution >= 0.6 is 0 Å². The van der Waals surface area contributed by atoms with E-state index in [0.29, 0.717) is 11.3 Å². The molecule has 0 saturated heterocycles. The minimum Gasteiger partial charge on any atom is -0.496 e. The Hall–Kier alpha value is -3.68. The van der Waals surface area contributed by atoms with E-state index < -0.39 is 17.9 Å². The molecular formula is C22H22O8. The molecule has 8 heteroatoms. The van der Waals surface area contributed by atoms with Gasteiger partial charge < -0.3 is 18.9 Å². The number of hydrogen-bond acceptors (Lipinski definition) is 8. The van der Waals surface area contributed by atoms with Gasteiger partial charge in [-0.25, -0.2) is 9.59 Å². The number of benzene rings is 2. The predicted octanol–water partition coefficient (Wildman–Crippen LogP) is 2.98. The summed E-state index contributed by atoms with van der Waals surface area (Å²) in [5, 5.41) is 0. The van der Waals surface area contributed by atoms with Crippen LogP contribution in [0.15, 0.2) is 48.5 Å². The fraction of sp³-hybridized carbons (Fsp3) is 0.273. The summed E-state index contributed by atoms with van der Waals surface area (Å²) in [6.45, 7) is 1.30. The minimum atomic E-state index is -0.758. The highest BCUT2D eigenvalue weighted by Crippen LogP contribution is 2.20. The van der Waals surface area contributed by atoms with Gasteiger partial charge in [-0.15, -0.1) is 0 Å². The van der Waals surface area contributed by atoms with Crippen LogP contribution in [0.1, 0.15) is 40.5 Å². The van der Waals surface area contributed by atoms with Gasteiger partial charge in [-0.3, -0.25) is 9.59 Å². The molecule has 158 valence electrons. The molecule has 2 rings (SSSR count). The number of rotatable bonds is 10. The molecule has 0 atom stereocenters.